The lowest BCUT2D eigenvalue weighted by Crippen LogP contribution is -2.39. The highest BCUT2D eigenvalue weighted by Gasteiger charge is 2.31. The Kier molecular flexibility index (Phi) is 5.84. The van der Waals surface area contributed by atoms with Crippen molar-refractivity contribution in [3.8, 4) is 5.75 Å². The van der Waals surface area contributed by atoms with Crippen LogP contribution in [0.25, 0.3) is 0 Å². The predicted molar refractivity (Wildman–Crippen MR) is 116 cm³/mol. The summed E-state index contributed by atoms with van der Waals surface area (Å²) < 4.78 is 23.9. The normalized spacial score (nSPS) is 21.1. The van der Waals surface area contributed by atoms with Crippen molar-refractivity contribution in [3.63, 3.8) is 0 Å². The molecule has 2 aliphatic rings. The highest BCUT2D eigenvalue weighted by atomic mass is 35.5. The SMILES string of the molecule is CS(=O)(=O)c1ccc(O)c(C2CNCCN(C3Cc4cc(Cl)c(Cl)cc4C3)C2)c1. The highest BCUT2D eigenvalue weighted by molar-refractivity contribution is 7.90. The minimum absolute atomic E-state index is 0.00455. The molecule has 2 aromatic carbocycles. The summed E-state index contributed by atoms with van der Waals surface area (Å²) in [6.07, 6.45) is 3.01. The number of fused-ring (bicyclic) bond motifs is 1. The van der Waals surface area contributed by atoms with Crippen molar-refractivity contribution in [2.75, 3.05) is 32.4 Å². The number of nitrogens with one attached hydrogen (secondary N) is 1. The second-order valence-corrected chi connectivity index (χ2v) is 10.8. The van der Waals surface area contributed by atoms with Crippen LogP contribution in [0.5, 0.6) is 5.75 Å². The van der Waals surface area contributed by atoms with Crippen LogP contribution >= 0.6 is 23.2 Å². The van der Waals surface area contributed by atoms with Crippen molar-refractivity contribution >= 4 is 33.0 Å². The Labute approximate surface area is 181 Å². The lowest BCUT2D eigenvalue weighted by atomic mass is 9.97. The van der Waals surface area contributed by atoms with E-state index in [0.717, 1.165) is 32.5 Å². The molecule has 29 heavy (non-hydrogen) atoms. The van der Waals surface area contributed by atoms with Crippen molar-refractivity contribution in [1.29, 1.82) is 0 Å². The maximum absolute atomic E-state index is 12.0. The van der Waals surface area contributed by atoms with Crippen molar-refractivity contribution < 1.29 is 13.5 Å². The fourth-order valence-electron chi connectivity index (χ4n) is 4.42. The van der Waals surface area contributed by atoms with Crippen LogP contribution in [-0.4, -0.2) is 56.9 Å². The smallest absolute Gasteiger partial charge is 0.175 e. The van der Waals surface area contributed by atoms with E-state index in [4.69, 9.17) is 23.2 Å². The third-order valence-corrected chi connectivity index (χ3v) is 7.79. The molecule has 1 aliphatic carbocycles. The molecule has 2 N–H and O–H groups in total. The monoisotopic (exact) mass is 454 g/mol. The van der Waals surface area contributed by atoms with Crippen LogP contribution in [0.4, 0.5) is 0 Å². The first kappa shape index (κ1) is 20.9. The molecule has 0 saturated carbocycles. The molecule has 0 radical (unpaired) electrons. The number of hydrogen-bond acceptors (Lipinski definition) is 5. The molecule has 1 fully saturated rings. The van der Waals surface area contributed by atoms with Crippen LogP contribution in [0.3, 0.4) is 0 Å². The number of nitrogens with zero attached hydrogens (tertiary/aromatic N) is 1. The molecule has 0 spiro atoms. The number of phenolic OH excluding ortho intramolecular Hbond substituents is 1. The van der Waals surface area contributed by atoms with E-state index in [1.165, 1.54) is 29.5 Å². The lowest BCUT2D eigenvalue weighted by molar-refractivity contribution is 0.205. The van der Waals surface area contributed by atoms with Crippen LogP contribution in [0.15, 0.2) is 35.2 Å². The van der Waals surface area contributed by atoms with E-state index in [0.29, 0.717) is 28.2 Å². The minimum Gasteiger partial charge on any atom is -0.508 e. The Bertz CT molecular complexity index is 1010. The van der Waals surface area contributed by atoms with E-state index in [1.807, 2.05) is 12.1 Å². The summed E-state index contributed by atoms with van der Waals surface area (Å²) in [5.41, 5.74) is 3.15. The van der Waals surface area contributed by atoms with Crippen LogP contribution in [0.1, 0.15) is 22.6 Å². The Hall–Kier alpha value is -1.31. The van der Waals surface area contributed by atoms with Crippen molar-refractivity contribution in [1.82, 2.24) is 10.2 Å². The molecular formula is C21H24Cl2N2O3S. The Morgan fingerprint density at radius 2 is 1.76 bits per heavy atom. The number of sulfone groups is 1. The van der Waals surface area contributed by atoms with E-state index in [1.54, 1.807) is 6.07 Å². The minimum atomic E-state index is -3.33. The molecule has 8 heteroatoms. The number of benzene rings is 2. The van der Waals surface area contributed by atoms with Crippen molar-refractivity contribution in [2.45, 2.75) is 29.7 Å². The fourth-order valence-corrected chi connectivity index (χ4v) is 5.44. The topological polar surface area (TPSA) is 69.6 Å². The molecule has 1 heterocycles. The molecule has 1 aliphatic heterocycles. The molecule has 1 atom stereocenters. The fraction of sp³-hybridized carbons (Fsp3) is 0.429. The molecule has 0 aromatic heterocycles. The van der Waals surface area contributed by atoms with Gasteiger partial charge in [0.2, 0.25) is 0 Å². The predicted octanol–water partition coefficient (Wildman–Crippen LogP) is 3.26. The number of hydrogen-bond donors (Lipinski definition) is 2. The maximum Gasteiger partial charge on any atom is 0.175 e. The van der Waals surface area contributed by atoms with Gasteiger partial charge in [0, 0.05) is 50.0 Å². The number of halogens is 2. The zero-order chi connectivity index (χ0) is 20.8. The molecular weight excluding hydrogens is 431 g/mol. The first-order valence-corrected chi connectivity index (χ1v) is 12.3. The number of phenols is 1. The van der Waals surface area contributed by atoms with E-state index in [2.05, 4.69) is 10.2 Å². The Morgan fingerprint density at radius 3 is 2.38 bits per heavy atom. The molecule has 0 bridgehead atoms. The molecule has 0 amide bonds. The molecule has 1 unspecified atom stereocenters. The zero-order valence-electron chi connectivity index (χ0n) is 16.2. The van der Waals surface area contributed by atoms with Gasteiger partial charge in [-0.1, -0.05) is 23.2 Å². The first-order chi connectivity index (χ1) is 13.7. The molecule has 1 saturated heterocycles. The molecule has 2 aromatic rings. The summed E-state index contributed by atoms with van der Waals surface area (Å²) in [5.74, 6) is 0.134. The van der Waals surface area contributed by atoms with Crippen LogP contribution in [-0.2, 0) is 22.7 Å². The largest absolute Gasteiger partial charge is 0.508 e. The number of aromatic hydroxyl groups is 1. The molecule has 4 rings (SSSR count). The first-order valence-electron chi connectivity index (χ1n) is 9.67. The Morgan fingerprint density at radius 1 is 1.10 bits per heavy atom. The van der Waals surface area contributed by atoms with Gasteiger partial charge in [0.05, 0.1) is 14.9 Å². The van der Waals surface area contributed by atoms with Gasteiger partial charge >= 0.3 is 0 Å². The summed E-state index contributed by atoms with van der Waals surface area (Å²) in [7, 11) is -3.33. The standard InChI is InChI=1S/C21H24Cl2N2O3S/c1-29(27,28)17-2-3-21(26)18(10-17)15-11-24-4-5-25(12-15)16-6-13-8-19(22)20(23)9-14(13)7-16/h2-3,8-10,15-16,24,26H,4-7,11-12H2,1H3. The van der Waals surface area contributed by atoms with Gasteiger partial charge in [0.15, 0.2) is 9.84 Å². The van der Waals surface area contributed by atoms with Gasteiger partial charge in [-0.25, -0.2) is 8.42 Å². The van der Waals surface area contributed by atoms with Gasteiger partial charge in [-0.15, -0.1) is 0 Å². The summed E-state index contributed by atoms with van der Waals surface area (Å²) in [6.45, 7) is 3.17. The van der Waals surface area contributed by atoms with E-state index in [-0.39, 0.29) is 16.6 Å². The molecule has 156 valence electrons. The summed E-state index contributed by atoms with van der Waals surface area (Å²) in [6, 6.07) is 8.82. The van der Waals surface area contributed by atoms with Gasteiger partial charge < -0.3 is 10.4 Å². The van der Waals surface area contributed by atoms with Gasteiger partial charge in [-0.2, -0.15) is 0 Å². The maximum atomic E-state index is 12.0. The van der Waals surface area contributed by atoms with Crippen LogP contribution in [0, 0.1) is 0 Å². The second-order valence-electron chi connectivity index (χ2n) is 7.99. The van der Waals surface area contributed by atoms with Crippen molar-refractivity contribution in [2.24, 2.45) is 0 Å². The zero-order valence-corrected chi connectivity index (χ0v) is 18.5. The van der Waals surface area contributed by atoms with E-state index >= 15 is 0 Å². The van der Waals surface area contributed by atoms with Gasteiger partial charge in [-0.05, 0) is 54.3 Å². The van der Waals surface area contributed by atoms with Crippen LogP contribution in [0.2, 0.25) is 10.0 Å². The average Bonchev–Trinajstić information content (AvgIpc) is 2.89. The van der Waals surface area contributed by atoms with Gasteiger partial charge in [0.1, 0.15) is 5.75 Å². The van der Waals surface area contributed by atoms with Crippen molar-refractivity contribution in [3.05, 3.63) is 57.1 Å². The van der Waals surface area contributed by atoms with Gasteiger partial charge in [-0.3, -0.25) is 4.90 Å². The van der Waals surface area contributed by atoms with Crippen LogP contribution < -0.4 is 5.32 Å². The summed E-state index contributed by atoms with van der Waals surface area (Å²) in [4.78, 5) is 2.66. The Balaban J connectivity index is 1.58. The summed E-state index contributed by atoms with van der Waals surface area (Å²) in [5, 5.41) is 15.0. The second kappa shape index (κ2) is 8.08. The third kappa shape index (κ3) is 4.42. The quantitative estimate of drug-likeness (QED) is 0.744. The average molecular weight is 455 g/mol. The van der Waals surface area contributed by atoms with E-state index in [9.17, 15) is 13.5 Å². The van der Waals surface area contributed by atoms with Gasteiger partial charge in [0.25, 0.3) is 0 Å². The summed E-state index contributed by atoms with van der Waals surface area (Å²) >= 11 is 12.4. The lowest BCUT2D eigenvalue weighted by Gasteiger charge is -2.30. The third-order valence-electron chi connectivity index (χ3n) is 5.96. The highest BCUT2D eigenvalue weighted by Crippen LogP contribution is 2.35. The number of rotatable bonds is 3. The molecule has 5 nitrogen and oxygen atoms in total. The van der Waals surface area contributed by atoms with E-state index < -0.39 is 9.84 Å².